The third-order valence-corrected chi connectivity index (χ3v) is 2.00. The monoisotopic (exact) mass is 224 g/mol. The fourth-order valence-electron chi connectivity index (χ4n) is 0.716. The van der Waals surface area contributed by atoms with E-state index in [1.807, 2.05) is 0 Å². The van der Waals surface area contributed by atoms with Gasteiger partial charge in [0.15, 0.2) is 0 Å². The Morgan fingerprint density at radius 1 is 1.08 bits per heavy atom. The van der Waals surface area contributed by atoms with E-state index in [1.54, 1.807) is 31.4 Å². The van der Waals surface area contributed by atoms with E-state index in [2.05, 4.69) is 0 Å². The number of methoxy groups -OCH3 is 1. The van der Waals surface area contributed by atoms with Crippen LogP contribution in [-0.4, -0.2) is 7.11 Å². The highest BCUT2D eigenvalue weighted by atomic mass is 35.9. The first-order valence-corrected chi connectivity index (χ1v) is 6.23. The molecule has 0 radical (unpaired) electrons. The van der Waals surface area contributed by atoms with Crippen molar-refractivity contribution in [1.82, 2.24) is 0 Å². The lowest BCUT2D eigenvalue weighted by atomic mass is 10.3. The molecule has 0 fully saturated rings. The maximum Gasteiger partial charge on any atom is 0.284 e. The lowest BCUT2D eigenvalue weighted by molar-refractivity contribution is 0.414. The summed E-state index contributed by atoms with van der Waals surface area (Å²) >= 11 is 10.9. The van der Waals surface area contributed by atoms with E-state index >= 15 is 0 Å². The van der Waals surface area contributed by atoms with Crippen molar-refractivity contribution >= 4 is 29.3 Å². The van der Waals surface area contributed by atoms with Gasteiger partial charge in [-0.05, 0) is 46.7 Å². The zero-order valence-electron chi connectivity index (χ0n) is 6.33. The van der Waals surface area contributed by atoms with E-state index in [-0.39, 0.29) is 0 Å². The summed E-state index contributed by atoms with van der Waals surface area (Å²) in [4.78, 5) is 0. The van der Waals surface area contributed by atoms with Crippen LogP contribution >= 0.6 is 29.3 Å². The second kappa shape index (κ2) is 4.76. The Bertz CT molecular complexity index is 238. The van der Waals surface area contributed by atoms with Crippen molar-refractivity contribution in [2.24, 2.45) is 0 Å². The maximum atomic E-state index is 5.46. The average Bonchev–Trinajstić information content (AvgIpc) is 2.05. The second-order valence-corrected chi connectivity index (χ2v) is 4.92. The summed E-state index contributed by atoms with van der Waals surface area (Å²) in [6, 6.07) is 7.06. The Kier molecular flexibility index (Phi) is 3.93. The molecule has 0 aliphatic heterocycles. The lowest BCUT2D eigenvalue weighted by Gasteiger charge is -2.05. The maximum absolute atomic E-state index is 5.46. The fourth-order valence-corrected chi connectivity index (χ4v) is 1.48. The van der Waals surface area contributed by atoms with E-state index in [0.29, 0.717) is 5.75 Å². The molecule has 1 rings (SSSR count). The van der Waals surface area contributed by atoms with Gasteiger partial charge in [-0.2, -0.15) is 0 Å². The quantitative estimate of drug-likeness (QED) is 0.728. The Balaban J connectivity index is 2.65. The summed E-state index contributed by atoms with van der Waals surface area (Å²) in [7, 11) is 1.60. The number of rotatable bonds is 3. The number of hydrogen-bond acceptors (Lipinski definition) is 2. The summed E-state index contributed by atoms with van der Waals surface area (Å²) in [5, 5.41) is 0. The van der Waals surface area contributed by atoms with Crippen molar-refractivity contribution in [2.75, 3.05) is 7.11 Å². The molecular formula is C7H7Cl2O2P. The van der Waals surface area contributed by atoms with Crippen molar-refractivity contribution in [1.29, 1.82) is 0 Å². The first kappa shape index (κ1) is 9.91. The SMILES string of the molecule is COc1ccc(OP(Cl)Cl)cc1. The molecule has 2 nitrogen and oxygen atoms in total. The number of hydrogen-bond donors (Lipinski definition) is 0. The van der Waals surface area contributed by atoms with Gasteiger partial charge in [-0.25, -0.2) is 0 Å². The molecule has 66 valence electrons. The van der Waals surface area contributed by atoms with E-state index in [1.165, 1.54) is 0 Å². The Hall–Kier alpha value is -0.170. The van der Waals surface area contributed by atoms with Crippen LogP contribution in [0.3, 0.4) is 0 Å². The van der Waals surface area contributed by atoms with Gasteiger partial charge >= 0.3 is 0 Å². The molecule has 1 aromatic rings. The Labute approximate surface area is 81.8 Å². The van der Waals surface area contributed by atoms with E-state index in [4.69, 9.17) is 31.7 Å². The number of benzene rings is 1. The first-order valence-electron chi connectivity index (χ1n) is 3.16. The van der Waals surface area contributed by atoms with Gasteiger partial charge in [-0.1, -0.05) is 0 Å². The van der Waals surface area contributed by atoms with E-state index < -0.39 is 6.85 Å². The van der Waals surface area contributed by atoms with Gasteiger partial charge in [-0.15, -0.1) is 0 Å². The average molecular weight is 225 g/mol. The van der Waals surface area contributed by atoms with E-state index in [9.17, 15) is 0 Å². The standard InChI is InChI=1S/C7H7Cl2O2P/c1-10-6-2-4-7(5-3-6)11-12(8)9/h2-5H,1H3. The highest BCUT2D eigenvalue weighted by Crippen LogP contribution is 2.47. The molecule has 0 unspecified atom stereocenters. The normalized spacial score (nSPS) is 10.0. The van der Waals surface area contributed by atoms with Crippen LogP contribution in [0.5, 0.6) is 11.5 Å². The molecule has 0 saturated carbocycles. The van der Waals surface area contributed by atoms with Crippen LogP contribution in [0.25, 0.3) is 0 Å². The molecule has 0 spiro atoms. The minimum Gasteiger partial charge on any atom is -0.497 e. The van der Waals surface area contributed by atoms with Crippen LogP contribution in [0.15, 0.2) is 24.3 Å². The van der Waals surface area contributed by atoms with E-state index in [0.717, 1.165) is 5.75 Å². The van der Waals surface area contributed by atoms with Gasteiger partial charge in [0, 0.05) is 0 Å². The predicted molar refractivity (Wildman–Crippen MR) is 52.2 cm³/mol. The molecule has 12 heavy (non-hydrogen) atoms. The van der Waals surface area contributed by atoms with Crippen molar-refractivity contribution in [3.63, 3.8) is 0 Å². The molecule has 0 aliphatic rings. The van der Waals surface area contributed by atoms with Crippen LogP contribution < -0.4 is 9.26 Å². The minimum absolute atomic E-state index is 0.645. The lowest BCUT2D eigenvalue weighted by Crippen LogP contribution is -1.82. The Morgan fingerprint density at radius 3 is 2.00 bits per heavy atom. The van der Waals surface area contributed by atoms with Crippen LogP contribution in [0.2, 0.25) is 0 Å². The second-order valence-electron chi connectivity index (χ2n) is 1.97. The Morgan fingerprint density at radius 2 is 1.58 bits per heavy atom. The van der Waals surface area contributed by atoms with Crippen LogP contribution in [0.4, 0.5) is 0 Å². The predicted octanol–water partition coefficient (Wildman–Crippen LogP) is 3.78. The molecule has 0 atom stereocenters. The number of halogens is 2. The third kappa shape index (κ3) is 3.06. The van der Waals surface area contributed by atoms with Crippen molar-refractivity contribution in [3.8, 4) is 11.5 Å². The van der Waals surface area contributed by atoms with Gasteiger partial charge in [-0.3, -0.25) is 0 Å². The van der Waals surface area contributed by atoms with Crippen LogP contribution in [-0.2, 0) is 0 Å². The van der Waals surface area contributed by atoms with Crippen molar-refractivity contribution < 1.29 is 9.26 Å². The van der Waals surface area contributed by atoms with Crippen LogP contribution in [0.1, 0.15) is 0 Å². The van der Waals surface area contributed by atoms with Crippen molar-refractivity contribution in [2.45, 2.75) is 0 Å². The molecule has 0 N–H and O–H groups in total. The molecule has 5 heteroatoms. The molecule has 0 aliphatic carbocycles. The third-order valence-electron chi connectivity index (χ3n) is 1.23. The van der Waals surface area contributed by atoms with Gasteiger partial charge in [0.2, 0.25) is 0 Å². The van der Waals surface area contributed by atoms with Gasteiger partial charge in [0.05, 0.1) is 7.11 Å². The summed E-state index contributed by atoms with van der Waals surface area (Å²) in [5.74, 6) is 1.42. The highest BCUT2D eigenvalue weighted by Gasteiger charge is 2.01. The highest BCUT2D eigenvalue weighted by molar-refractivity contribution is 8.00. The van der Waals surface area contributed by atoms with Gasteiger partial charge < -0.3 is 9.26 Å². The largest absolute Gasteiger partial charge is 0.497 e. The minimum atomic E-state index is -1.39. The molecule has 0 aromatic heterocycles. The smallest absolute Gasteiger partial charge is 0.284 e. The van der Waals surface area contributed by atoms with Gasteiger partial charge in [0.1, 0.15) is 11.5 Å². The summed E-state index contributed by atoms with van der Waals surface area (Å²) < 4.78 is 10.0. The molecule has 0 amide bonds. The summed E-state index contributed by atoms with van der Waals surface area (Å²) in [6.45, 7) is -1.39. The molecular weight excluding hydrogens is 218 g/mol. The van der Waals surface area contributed by atoms with Crippen molar-refractivity contribution in [3.05, 3.63) is 24.3 Å². The van der Waals surface area contributed by atoms with Crippen LogP contribution in [0, 0.1) is 0 Å². The fraction of sp³-hybridized carbons (Fsp3) is 0.143. The summed E-state index contributed by atoms with van der Waals surface area (Å²) in [6.07, 6.45) is 0. The molecule has 0 bridgehead atoms. The first-order chi connectivity index (χ1) is 5.72. The topological polar surface area (TPSA) is 18.5 Å². The number of ether oxygens (including phenoxy) is 1. The molecule has 0 saturated heterocycles. The molecule has 0 heterocycles. The zero-order valence-corrected chi connectivity index (χ0v) is 8.74. The zero-order chi connectivity index (χ0) is 8.97. The van der Waals surface area contributed by atoms with Gasteiger partial charge in [0.25, 0.3) is 6.85 Å². The molecule has 1 aromatic carbocycles. The summed E-state index contributed by atoms with van der Waals surface area (Å²) in [5.41, 5.74) is 0.